The molecule has 0 aromatic heterocycles. The molecule has 100 valence electrons. The third kappa shape index (κ3) is 2.38. The summed E-state index contributed by atoms with van der Waals surface area (Å²) in [5.74, 6) is -2.90. The number of thioether (sulfide) groups is 1. The summed E-state index contributed by atoms with van der Waals surface area (Å²) >= 11 is 1.49. The lowest BCUT2D eigenvalue weighted by atomic mass is 9.78. The van der Waals surface area contributed by atoms with Gasteiger partial charge in [0, 0.05) is 11.3 Å². The first-order valence-electron chi connectivity index (χ1n) is 5.69. The Morgan fingerprint density at radius 3 is 2.39 bits per heavy atom. The molecule has 0 aliphatic carbocycles. The SMILES string of the molecule is CC1(C)CSCC(O)(c2ccc(F)c(F)c2F)C1. The summed E-state index contributed by atoms with van der Waals surface area (Å²) in [7, 11) is 0. The molecule has 18 heavy (non-hydrogen) atoms. The monoisotopic (exact) mass is 276 g/mol. The second-order valence-corrected chi connectivity index (χ2v) is 6.57. The standard InChI is InChI=1S/C13H15F3OS/c1-12(2)5-13(17,7-18-6-12)8-3-4-9(14)11(16)10(8)15/h3-4,17H,5-7H2,1-2H3. The summed E-state index contributed by atoms with van der Waals surface area (Å²) in [5, 5.41) is 10.5. The van der Waals surface area contributed by atoms with Gasteiger partial charge in [-0.25, -0.2) is 13.2 Å². The van der Waals surface area contributed by atoms with Gasteiger partial charge in [-0.05, 0) is 23.7 Å². The van der Waals surface area contributed by atoms with Crippen LogP contribution in [0.25, 0.3) is 0 Å². The molecule has 1 nitrogen and oxygen atoms in total. The summed E-state index contributed by atoms with van der Waals surface area (Å²) < 4.78 is 39.9. The van der Waals surface area contributed by atoms with Crippen LogP contribution in [-0.4, -0.2) is 16.6 Å². The van der Waals surface area contributed by atoms with E-state index in [-0.39, 0.29) is 11.0 Å². The van der Waals surface area contributed by atoms with Crippen molar-refractivity contribution in [1.82, 2.24) is 0 Å². The zero-order valence-electron chi connectivity index (χ0n) is 10.3. The molecule has 1 aromatic carbocycles. The van der Waals surface area contributed by atoms with Crippen molar-refractivity contribution in [3.63, 3.8) is 0 Å². The highest BCUT2D eigenvalue weighted by atomic mass is 32.2. The quantitative estimate of drug-likeness (QED) is 0.793. The summed E-state index contributed by atoms with van der Waals surface area (Å²) in [6, 6.07) is 1.99. The van der Waals surface area contributed by atoms with E-state index in [1.54, 1.807) is 0 Å². The highest BCUT2D eigenvalue weighted by molar-refractivity contribution is 7.99. The van der Waals surface area contributed by atoms with E-state index < -0.39 is 23.1 Å². The minimum Gasteiger partial charge on any atom is -0.384 e. The molecule has 1 fully saturated rings. The largest absolute Gasteiger partial charge is 0.384 e. The Kier molecular flexibility index (Phi) is 3.40. The molecule has 1 unspecified atom stereocenters. The average molecular weight is 276 g/mol. The van der Waals surface area contributed by atoms with Gasteiger partial charge in [0.15, 0.2) is 17.5 Å². The maximum absolute atomic E-state index is 13.8. The molecule has 1 heterocycles. The molecule has 0 radical (unpaired) electrons. The van der Waals surface area contributed by atoms with Crippen LogP contribution in [0, 0.1) is 22.9 Å². The third-order valence-electron chi connectivity index (χ3n) is 3.14. The van der Waals surface area contributed by atoms with Gasteiger partial charge in [-0.1, -0.05) is 19.9 Å². The summed E-state index contributed by atoms with van der Waals surface area (Å²) in [6.07, 6.45) is 0.328. The van der Waals surface area contributed by atoms with Crippen LogP contribution < -0.4 is 0 Å². The maximum atomic E-state index is 13.8. The second kappa shape index (κ2) is 4.46. The van der Waals surface area contributed by atoms with Crippen LogP contribution in [-0.2, 0) is 5.60 Å². The number of halogens is 3. The molecular weight excluding hydrogens is 261 g/mol. The Labute approximate surface area is 108 Å². The average Bonchev–Trinajstić information content (AvgIpc) is 2.23. The van der Waals surface area contributed by atoms with Gasteiger partial charge >= 0.3 is 0 Å². The fraction of sp³-hybridized carbons (Fsp3) is 0.538. The van der Waals surface area contributed by atoms with Gasteiger partial charge in [0.1, 0.15) is 5.60 Å². The van der Waals surface area contributed by atoms with Gasteiger partial charge < -0.3 is 5.11 Å². The van der Waals surface area contributed by atoms with Crippen LogP contribution in [0.2, 0.25) is 0 Å². The van der Waals surface area contributed by atoms with Crippen molar-refractivity contribution >= 4 is 11.8 Å². The molecule has 0 bridgehead atoms. The first-order valence-corrected chi connectivity index (χ1v) is 6.85. The van der Waals surface area contributed by atoms with Crippen molar-refractivity contribution in [1.29, 1.82) is 0 Å². The molecule has 1 saturated heterocycles. The van der Waals surface area contributed by atoms with E-state index in [4.69, 9.17) is 0 Å². The predicted octanol–water partition coefficient (Wildman–Crippen LogP) is 3.45. The van der Waals surface area contributed by atoms with Crippen LogP contribution in [0.5, 0.6) is 0 Å². The topological polar surface area (TPSA) is 20.2 Å². The van der Waals surface area contributed by atoms with Crippen LogP contribution in [0.3, 0.4) is 0 Å². The summed E-state index contributed by atoms with van der Waals surface area (Å²) in [5.41, 5.74) is -1.76. The van der Waals surface area contributed by atoms with Gasteiger partial charge in [0.25, 0.3) is 0 Å². The van der Waals surface area contributed by atoms with Crippen molar-refractivity contribution < 1.29 is 18.3 Å². The van der Waals surface area contributed by atoms with Gasteiger partial charge in [-0.2, -0.15) is 11.8 Å². The molecule has 2 rings (SSSR count). The number of rotatable bonds is 1. The van der Waals surface area contributed by atoms with Crippen molar-refractivity contribution in [3.8, 4) is 0 Å². The Morgan fingerprint density at radius 2 is 1.78 bits per heavy atom. The Bertz CT molecular complexity index is 476. The zero-order chi connectivity index (χ0) is 13.6. The normalized spacial score (nSPS) is 27.2. The highest BCUT2D eigenvalue weighted by Gasteiger charge is 2.42. The van der Waals surface area contributed by atoms with E-state index in [1.807, 2.05) is 13.8 Å². The van der Waals surface area contributed by atoms with E-state index in [9.17, 15) is 18.3 Å². The first kappa shape index (κ1) is 13.7. The molecule has 1 atom stereocenters. The molecule has 5 heteroatoms. The lowest BCUT2D eigenvalue weighted by molar-refractivity contribution is 0.0118. The van der Waals surface area contributed by atoms with Crippen molar-refractivity contribution in [2.24, 2.45) is 5.41 Å². The van der Waals surface area contributed by atoms with Gasteiger partial charge in [-0.3, -0.25) is 0 Å². The van der Waals surface area contributed by atoms with Gasteiger partial charge in [0.2, 0.25) is 0 Å². The van der Waals surface area contributed by atoms with E-state index in [2.05, 4.69) is 0 Å². The fourth-order valence-corrected chi connectivity index (χ4v) is 3.80. The Morgan fingerprint density at radius 1 is 1.11 bits per heavy atom. The minimum absolute atomic E-state index is 0.151. The molecule has 1 aromatic rings. The highest BCUT2D eigenvalue weighted by Crippen LogP contribution is 2.45. The van der Waals surface area contributed by atoms with Gasteiger partial charge in [-0.15, -0.1) is 0 Å². The molecule has 1 N–H and O–H groups in total. The second-order valence-electron chi connectivity index (χ2n) is 5.59. The number of aliphatic hydroxyl groups is 1. The van der Waals surface area contributed by atoms with Crippen molar-refractivity contribution in [2.45, 2.75) is 25.9 Å². The van der Waals surface area contributed by atoms with Crippen LogP contribution in [0.1, 0.15) is 25.8 Å². The van der Waals surface area contributed by atoms with E-state index in [0.717, 1.165) is 17.9 Å². The predicted molar refractivity (Wildman–Crippen MR) is 65.9 cm³/mol. The molecule has 0 spiro atoms. The molecule has 1 aliphatic heterocycles. The van der Waals surface area contributed by atoms with E-state index in [0.29, 0.717) is 12.2 Å². The lowest BCUT2D eigenvalue weighted by Crippen LogP contribution is -2.41. The molecular formula is C13H15F3OS. The maximum Gasteiger partial charge on any atom is 0.194 e. The third-order valence-corrected chi connectivity index (χ3v) is 4.81. The Balaban J connectivity index is 2.44. The summed E-state index contributed by atoms with van der Waals surface area (Å²) in [4.78, 5) is 0. The van der Waals surface area contributed by atoms with Crippen LogP contribution in [0.15, 0.2) is 12.1 Å². The van der Waals surface area contributed by atoms with E-state index >= 15 is 0 Å². The fourth-order valence-electron chi connectivity index (χ4n) is 2.45. The number of hydrogen-bond donors (Lipinski definition) is 1. The van der Waals surface area contributed by atoms with Crippen LogP contribution in [0.4, 0.5) is 13.2 Å². The lowest BCUT2D eigenvalue weighted by Gasteiger charge is -2.41. The Hall–Kier alpha value is -0.680. The minimum atomic E-state index is -1.52. The van der Waals surface area contributed by atoms with E-state index in [1.165, 1.54) is 11.8 Å². The first-order chi connectivity index (χ1) is 8.25. The van der Waals surface area contributed by atoms with Crippen LogP contribution >= 0.6 is 11.8 Å². The number of benzene rings is 1. The van der Waals surface area contributed by atoms with Crippen molar-refractivity contribution in [2.75, 3.05) is 11.5 Å². The molecule has 1 aliphatic rings. The van der Waals surface area contributed by atoms with Crippen molar-refractivity contribution in [3.05, 3.63) is 35.1 Å². The smallest absolute Gasteiger partial charge is 0.194 e. The molecule has 0 amide bonds. The summed E-state index contributed by atoms with van der Waals surface area (Å²) in [6.45, 7) is 3.92. The number of hydrogen-bond acceptors (Lipinski definition) is 2. The molecule has 0 saturated carbocycles. The zero-order valence-corrected chi connectivity index (χ0v) is 11.1. The van der Waals surface area contributed by atoms with Gasteiger partial charge in [0.05, 0.1) is 0 Å².